The number of thiazole rings is 1. The third-order valence-electron chi connectivity index (χ3n) is 4.81. The Hall–Kier alpha value is -3.05. The number of nitrogens with zero attached hydrogens (tertiary/aromatic N) is 3. The van der Waals surface area contributed by atoms with Gasteiger partial charge in [-0.1, -0.05) is 0 Å². The van der Waals surface area contributed by atoms with E-state index in [4.69, 9.17) is 9.47 Å². The van der Waals surface area contributed by atoms with Crippen LogP contribution in [0.15, 0.2) is 42.2 Å². The van der Waals surface area contributed by atoms with Crippen LogP contribution in [0.4, 0.5) is 13.2 Å². The first kappa shape index (κ1) is 22.2. The van der Waals surface area contributed by atoms with E-state index >= 15 is 0 Å². The standard InChI is InChI=1S/C21H19F3N4O3S/c1-12(15-9-26-20(27-10-15)21(22,23)24)28-18(29)13-6-14(19-25-3-5-32-19)8-17(7-13)31-16-2-4-30-11-16/h3,5-10,12,16H,2,4,11H2,1H3,(H,28,29)/t12?,16-/m1/s1. The maximum atomic E-state index is 12.9. The molecule has 11 heteroatoms. The summed E-state index contributed by atoms with van der Waals surface area (Å²) < 4.78 is 49.3. The summed E-state index contributed by atoms with van der Waals surface area (Å²) in [5.74, 6) is -1.12. The Kier molecular flexibility index (Phi) is 6.38. The Labute approximate surface area is 185 Å². The van der Waals surface area contributed by atoms with E-state index in [0.717, 1.165) is 29.4 Å². The second-order valence-corrected chi connectivity index (χ2v) is 8.11. The van der Waals surface area contributed by atoms with Crippen LogP contribution in [0.2, 0.25) is 0 Å². The van der Waals surface area contributed by atoms with Gasteiger partial charge in [-0.25, -0.2) is 15.0 Å². The van der Waals surface area contributed by atoms with Crippen LogP contribution in [0.3, 0.4) is 0 Å². The van der Waals surface area contributed by atoms with Gasteiger partial charge in [0.15, 0.2) is 0 Å². The van der Waals surface area contributed by atoms with Crippen molar-refractivity contribution in [3.63, 3.8) is 0 Å². The van der Waals surface area contributed by atoms with Crippen LogP contribution in [0.5, 0.6) is 5.75 Å². The zero-order valence-corrected chi connectivity index (χ0v) is 17.7. The van der Waals surface area contributed by atoms with Gasteiger partial charge >= 0.3 is 6.18 Å². The van der Waals surface area contributed by atoms with Crippen molar-refractivity contribution in [3.8, 4) is 16.3 Å². The number of rotatable bonds is 6. The van der Waals surface area contributed by atoms with Crippen LogP contribution < -0.4 is 10.1 Å². The van der Waals surface area contributed by atoms with E-state index < -0.39 is 23.9 Å². The fourth-order valence-electron chi connectivity index (χ4n) is 3.16. The van der Waals surface area contributed by atoms with Gasteiger partial charge in [-0.15, -0.1) is 11.3 Å². The first-order valence-electron chi connectivity index (χ1n) is 9.79. The molecular formula is C21H19F3N4O3S. The lowest BCUT2D eigenvalue weighted by atomic mass is 10.1. The van der Waals surface area contributed by atoms with E-state index in [0.29, 0.717) is 30.1 Å². The zero-order valence-electron chi connectivity index (χ0n) is 16.9. The van der Waals surface area contributed by atoms with E-state index in [1.807, 2.05) is 11.4 Å². The molecule has 1 aliphatic heterocycles. The van der Waals surface area contributed by atoms with Crippen LogP contribution in [0, 0.1) is 0 Å². The SMILES string of the molecule is CC(NC(=O)c1cc(O[C@@H]2CCOC2)cc(-c2nccs2)c1)c1cnc(C(F)(F)F)nc1. The van der Waals surface area contributed by atoms with Crippen LogP contribution in [-0.2, 0) is 10.9 Å². The van der Waals surface area contributed by atoms with E-state index in [2.05, 4.69) is 20.3 Å². The molecule has 0 saturated carbocycles. The highest BCUT2D eigenvalue weighted by molar-refractivity contribution is 7.13. The molecule has 3 aromatic rings. The Morgan fingerprint density at radius 2 is 2.03 bits per heavy atom. The van der Waals surface area contributed by atoms with E-state index in [1.54, 1.807) is 25.3 Å². The fraction of sp³-hybridized carbons (Fsp3) is 0.333. The smallest absolute Gasteiger partial charge is 0.451 e. The molecule has 0 radical (unpaired) electrons. The van der Waals surface area contributed by atoms with Crippen LogP contribution >= 0.6 is 11.3 Å². The largest absolute Gasteiger partial charge is 0.488 e. The van der Waals surface area contributed by atoms with Crippen molar-refractivity contribution in [1.82, 2.24) is 20.3 Å². The summed E-state index contributed by atoms with van der Waals surface area (Å²) in [6.07, 6.45) is -0.176. The predicted molar refractivity (Wildman–Crippen MR) is 110 cm³/mol. The summed E-state index contributed by atoms with van der Waals surface area (Å²) in [5, 5.41) is 5.33. The van der Waals surface area contributed by atoms with E-state index in [1.165, 1.54) is 11.3 Å². The monoisotopic (exact) mass is 464 g/mol. The molecule has 32 heavy (non-hydrogen) atoms. The van der Waals surface area contributed by atoms with Gasteiger partial charge in [0.2, 0.25) is 5.82 Å². The average molecular weight is 464 g/mol. The number of halogens is 3. The minimum atomic E-state index is -4.62. The molecule has 1 aliphatic rings. The maximum Gasteiger partial charge on any atom is 0.451 e. The highest BCUT2D eigenvalue weighted by atomic mass is 32.1. The summed E-state index contributed by atoms with van der Waals surface area (Å²) in [6, 6.07) is 4.53. The highest BCUT2D eigenvalue weighted by Crippen LogP contribution is 2.30. The molecule has 168 valence electrons. The van der Waals surface area contributed by atoms with Gasteiger partial charge in [-0.2, -0.15) is 13.2 Å². The summed E-state index contributed by atoms with van der Waals surface area (Å²) in [7, 11) is 0. The summed E-state index contributed by atoms with van der Waals surface area (Å²) >= 11 is 1.43. The lowest BCUT2D eigenvalue weighted by Crippen LogP contribution is -2.27. The van der Waals surface area contributed by atoms with Crippen LogP contribution in [-0.4, -0.2) is 40.2 Å². The Bertz CT molecular complexity index is 1070. The molecule has 3 heterocycles. The quantitative estimate of drug-likeness (QED) is 0.586. The molecule has 1 fully saturated rings. The van der Waals surface area contributed by atoms with Crippen molar-refractivity contribution in [3.05, 3.63) is 59.1 Å². The Morgan fingerprint density at radius 3 is 2.66 bits per heavy atom. The molecule has 0 bridgehead atoms. The first-order chi connectivity index (χ1) is 15.3. The number of hydrogen-bond acceptors (Lipinski definition) is 7. The molecular weight excluding hydrogens is 445 g/mol. The number of carbonyl (C=O) groups excluding carboxylic acids is 1. The zero-order chi connectivity index (χ0) is 22.7. The predicted octanol–water partition coefficient (Wildman–Crippen LogP) is 4.28. The number of alkyl halides is 3. The molecule has 1 saturated heterocycles. The van der Waals surface area contributed by atoms with Crippen molar-refractivity contribution in [1.29, 1.82) is 0 Å². The van der Waals surface area contributed by atoms with Crippen molar-refractivity contribution in [2.45, 2.75) is 31.7 Å². The molecule has 4 rings (SSSR count). The number of carbonyl (C=O) groups is 1. The highest BCUT2D eigenvalue weighted by Gasteiger charge is 2.34. The summed E-state index contributed by atoms with van der Waals surface area (Å²) in [6.45, 7) is 2.74. The van der Waals surface area contributed by atoms with Gasteiger partial charge in [0, 0.05) is 47.1 Å². The second-order valence-electron chi connectivity index (χ2n) is 7.22. The van der Waals surface area contributed by atoms with Gasteiger partial charge in [0.25, 0.3) is 5.91 Å². The lowest BCUT2D eigenvalue weighted by Gasteiger charge is -2.17. The van der Waals surface area contributed by atoms with Crippen LogP contribution in [0.25, 0.3) is 10.6 Å². The first-order valence-corrected chi connectivity index (χ1v) is 10.7. The number of amides is 1. The van der Waals surface area contributed by atoms with Crippen molar-refractivity contribution < 1.29 is 27.4 Å². The van der Waals surface area contributed by atoms with Crippen LogP contribution in [0.1, 0.15) is 41.1 Å². The normalized spacial score (nSPS) is 17.2. The Balaban J connectivity index is 1.54. The van der Waals surface area contributed by atoms with Crippen molar-refractivity contribution in [2.75, 3.05) is 13.2 Å². The van der Waals surface area contributed by atoms with Crippen molar-refractivity contribution in [2.24, 2.45) is 0 Å². The molecule has 1 aromatic carbocycles. The van der Waals surface area contributed by atoms with Gasteiger partial charge < -0.3 is 14.8 Å². The molecule has 7 nitrogen and oxygen atoms in total. The minimum Gasteiger partial charge on any atom is -0.488 e. The number of hydrogen-bond donors (Lipinski definition) is 1. The van der Waals surface area contributed by atoms with Gasteiger partial charge in [0.05, 0.1) is 19.3 Å². The minimum absolute atomic E-state index is 0.0966. The summed E-state index contributed by atoms with van der Waals surface area (Å²) in [5.41, 5.74) is 1.42. The number of ether oxygens (including phenoxy) is 2. The fourth-order valence-corrected chi connectivity index (χ4v) is 3.78. The molecule has 0 aliphatic carbocycles. The van der Waals surface area contributed by atoms with Gasteiger partial charge in [-0.3, -0.25) is 4.79 Å². The third-order valence-corrected chi connectivity index (χ3v) is 5.63. The molecule has 2 atom stereocenters. The average Bonchev–Trinajstić information content (AvgIpc) is 3.47. The molecule has 2 aromatic heterocycles. The molecule has 1 N–H and O–H groups in total. The van der Waals surface area contributed by atoms with E-state index in [9.17, 15) is 18.0 Å². The number of aromatic nitrogens is 3. The molecule has 1 amide bonds. The molecule has 1 unspecified atom stereocenters. The van der Waals surface area contributed by atoms with E-state index in [-0.39, 0.29) is 6.10 Å². The summed E-state index contributed by atoms with van der Waals surface area (Å²) in [4.78, 5) is 23.9. The second kappa shape index (κ2) is 9.21. The van der Waals surface area contributed by atoms with Gasteiger partial charge in [-0.05, 0) is 25.1 Å². The lowest BCUT2D eigenvalue weighted by molar-refractivity contribution is -0.145. The Morgan fingerprint density at radius 1 is 1.25 bits per heavy atom. The maximum absolute atomic E-state index is 12.9. The third kappa shape index (κ3) is 5.22. The van der Waals surface area contributed by atoms with Gasteiger partial charge in [0.1, 0.15) is 16.9 Å². The van der Waals surface area contributed by atoms with Crippen molar-refractivity contribution >= 4 is 17.2 Å². The number of benzene rings is 1. The molecule has 0 spiro atoms. The topological polar surface area (TPSA) is 86.2 Å². The number of nitrogens with one attached hydrogen (secondary N) is 1.